The Balaban J connectivity index is 1.48. The molecule has 0 aromatic carbocycles. The largest absolute Gasteiger partial charge is 0.335 e. The molecule has 0 saturated heterocycles. The molecular formula is C24H32Cl2N4O2. The first-order chi connectivity index (χ1) is 15.2. The molecule has 4 rings (SSSR count). The normalized spacial score (nSPS) is 30.8. The number of alkyl halides is 2. The molecule has 2 aliphatic carbocycles. The number of aryl methyl sites for hydroxylation is 2. The number of carbonyl (C=O) groups is 1. The zero-order chi connectivity index (χ0) is 23.0. The van der Waals surface area contributed by atoms with Gasteiger partial charge in [0.25, 0.3) is 5.56 Å². The highest BCUT2D eigenvalue weighted by atomic mass is 35.5. The van der Waals surface area contributed by atoms with Gasteiger partial charge in [0, 0.05) is 47.3 Å². The summed E-state index contributed by atoms with van der Waals surface area (Å²) in [5.74, 6) is 0.455. The van der Waals surface area contributed by atoms with E-state index in [1.165, 1.54) is 0 Å². The third-order valence-electron chi connectivity index (χ3n) is 7.23. The number of rotatable bonds is 3. The van der Waals surface area contributed by atoms with Gasteiger partial charge in [0.2, 0.25) is 0 Å². The standard InChI is InChI=1S/C24H32Cl2N4O2/c1-13-4-6-17(28-24(32)29-21-7-5-16(25)10-20(21)26)11-18(13)19-9-15-12-27-14(2)8-22(15)30(3)23(19)31/h8-9,12-13,16-18,20-21H,4-7,10-11H2,1-3H3,(H2,28,29,32). The summed E-state index contributed by atoms with van der Waals surface area (Å²) in [4.78, 5) is 30.3. The molecule has 8 heteroatoms. The first-order valence-corrected chi connectivity index (χ1v) is 12.4. The van der Waals surface area contributed by atoms with Gasteiger partial charge in [0.1, 0.15) is 0 Å². The van der Waals surface area contributed by atoms with Crippen molar-refractivity contribution in [3.63, 3.8) is 0 Å². The van der Waals surface area contributed by atoms with Gasteiger partial charge in [-0.1, -0.05) is 6.92 Å². The lowest BCUT2D eigenvalue weighted by atomic mass is 9.74. The van der Waals surface area contributed by atoms with E-state index in [4.69, 9.17) is 23.2 Å². The molecule has 2 saturated carbocycles. The van der Waals surface area contributed by atoms with Crippen LogP contribution in [0.25, 0.3) is 10.9 Å². The van der Waals surface area contributed by atoms with Gasteiger partial charge >= 0.3 is 6.03 Å². The molecule has 2 amide bonds. The number of aromatic nitrogens is 2. The van der Waals surface area contributed by atoms with Gasteiger partial charge in [-0.05, 0) is 69.4 Å². The van der Waals surface area contributed by atoms with Crippen molar-refractivity contribution in [3.05, 3.63) is 39.9 Å². The van der Waals surface area contributed by atoms with Crippen molar-refractivity contribution in [3.8, 4) is 0 Å². The average molecular weight is 479 g/mol. The Labute approximate surface area is 199 Å². The number of hydrogen-bond donors (Lipinski definition) is 2. The minimum atomic E-state index is -0.182. The van der Waals surface area contributed by atoms with Crippen LogP contribution in [0.1, 0.15) is 62.6 Å². The van der Waals surface area contributed by atoms with Crippen molar-refractivity contribution < 1.29 is 4.79 Å². The predicted octanol–water partition coefficient (Wildman–Crippen LogP) is 4.58. The smallest absolute Gasteiger partial charge is 0.315 e. The third-order valence-corrected chi connectivity index (χ3v) is 8.11. The second-order valence-electron chi connectivity index (χ2n) is 9.59. The lowest BCUT2D eigenvalue weighted by Crippen LogP contribution is -2.52. The molecule has 2 N–H and O–H groups in total. The Morgan fingerprint density at radius 1 is 1.12 bits per heavy atom. The summed E-state index contributed by atoms with van der Waals surface area (Å²) in [7, 11) is 1.82. The van der Waals surface area contributed by atoms with Crippen LogP contribution in [-0.4, -0.2) is 38.4 Å². The van der Waals surface area contributed by atoms with Gasteiger partial charge in [-0.25, -0.2) is 4.79 Å². The van der Waals surface area contributed by atoms with E-state index in [9.17, 15) is 9.59 Å². The van der Waals surface area contributed by atoms with E-state index in [1.54, 1.807) is 4.57 Å². The fraction of sp³-hybridized carbons (Fsp3) is 0.625. The molecule has 2 fully saturated rings. The van der Waals surface area contributed by atoms with Crippen LogP contribution in [0, 0.1) is 12.8 Å². The number of hydrogen-bond acceptors (Lipinski definition) is 3. The molecule has 2 heterocycles. The van der Waals surface area contributed by atoms with Crippen LogP contribution in [0.15, 0.2) is 23.1 Å². The number of fused-ring (bicyclic) bond motifs is 1. The summed E-state index contributed by atoms with van der Waals surface area (Å²) in [5.41, 5.74) is 2.63. The van der Waals surface area contributed by atoms with Gasteiger partial charge < -0.3 is 15.2 Å². The lowest BCUT2D eigenvalue weighted by Gasteiger charge is -2.36. The van der Waals surface area contributed by atoms with Crippen LogP contribution in [0.3, 0.4) is 0 Å². The molecule has 174 valence electrons. The van der Waals surface area contributed by atoms with Crippen molar-refractivity contribution >= 4 is 40.1 Å². The number of pyridine rings is 2. The molecule has 6 unspecified atom stereocenters. The summed E-state index contributed by atoms with van der Waals surface area (Å²) in [6.07, 6.45) is 6.79. The molecular weight excluding hydrogens is 447 g/mol. The number of urea groups is 1. The SMILES string of the molecule is Cc1cc2c(cn1)cc(C1CC(NC(=O)NC3CCC(Cl)CC3Cl)CCC1C)c(=O)n2C. The molecule has 0 radical (unpaired) electrons. The minimum Gasteiger partial charge on any atom is -0.335 e. The molecule has 0 aliphatic heterocycles. The van der Waals surface area contributed by atoms with E-state index >= 15 is 0 Å². The zero-order valence-corrected chi connectivity index (χ0v) is 20.4. The fourth-order valence-electron chi connectivity index (χ4n) is 5.27. The fourth-order valence-corrected chi connectivity index (χ4v) is 6.08. The number of nitrogens with one attached hydrogen (secondary N) is 2. The molecule has 0 bridgehead atoms. The summed E-state index contributed by atoms with van der Waals surface area (Å²) in [5, 5.41) is 7.08. The predicted molar refractivity (Wildman–Crippen MR) is 130 cm³/mol. The first-order valence-electron chi connectivity index (χ1n) is 11.5. The molecule has 32 heavy (non-hydrogen) atoms. The molecule has 2 aliphatic rings. The van der Waals surface area contributed by atoms with Crippen molar-refractivity contribution in [1.82, 2.24) is 20.2 Å². The van der Waals surface area contributed by atoms with E-state index < -0.39 is 0 Å². The van der Waals surface area contributed by atoms with E-state index in [-0.39, 0.29) is 40.3 Å². The second kappa shape index (κ2) is 9.60. The highest BCUT2D eigenvalue weighted by Crippen LogP contribution is 2.37. The average Bonchev–Trinajstić information content (AvgIpc) is 2.74. The van der Waals surface area contributed by atoms with Gasteiger partial charge in [-0.15, -0.1) is 23.2 Å². The second-order valence-corrected chi connectivity index (χ2v) is 10.8. The van der Waals surface area contributed by atoms with E-state index in [1.807, 2.05) is 32.3 Å². The summed E-state index contributed by atoms with van der Waals surface area (Å²) in [6, 6.07) is 3.72. The van der Waals surface area contributed by atoms with Crippen molar-refractivity contribution in [2.24, 2.45) is 13.0 Å². The van der Waals surface area contributed by atoms with Crippen molar-refractivity contribution in [2.75, 3.05) is 0 Å². The highest BCUT2D eigenvalue weighted by molar-refractivity contribution is 6.24. The Morgan fingerprint density at radius 2 is 1.91 bits per heavy atom. The van der Waals surface area contributed by atoms with Gasteiger partial charge in [0.15, 0.2) is 0 Å². The lowest BCUT2D eigenvalue weighted by molar-refractivity contribution is 0.216. The van der Waals surface area contributed by atoms with E-state index in [0.717, 1.165) is 54.3 Å². The van der Waals surface area contributed by atoms with E-state index in [2.05, 4.69) is 22.5 Å². The maximum Gasteiger partial charge on any atom is 0.315 e. The summed E-state index contributed by atoms with van der Waals surface area (Å²) >= 11 is 12.6. The number of nitrogens with zero attached hydrogens (tertiary/aromatic N) is 2. The first kappa shape index (κ1) is 23.4. The van der Waals surface area contributed by atoms with Crippen LogP contribution in [0.2, 0.25) is 0 Å². The molecule has 0 spiro atoms. The summed E-state index contributed by atoms with van der Waals surface area (Å²) < 4.78 is 1.73. The Hall–Kier alpha value is -1.79. The molecule has 6 atom stereocenters. The topological polar surface area (TPSA) is 76.0 Å². The molecule has 2 aromatic rings. The van der Waals surface area contributed by atoms with Crippen LogP contribution < -0.4 is 16.2 Å². The molecule has 2 aromatic heterocycles. The molecule has 6 nitrogen and oxygen atoms in total. The van der Waals surface area contributed by atoms with E-state index in [0.29, 0.717) is 12.3 Å². The number of carbonyl (C=O) groups excluding carboxylic acids is 1. The van der Waals surface area contributed by atoms with Crippen LogP contribution in [0.5, 0.6) is 0 Å². The number of halogens is 2. The van der Waals surface area contributed by atoms with Crippen LogP contribution >= 0.6 is 23.2 Å². The Morgan fingerprint density at radius 3 is 2.66 bits per heavy atom. The van der Waals surface area contributed by atoms with Crippen molar-refractivity contribution in [2.45, 2.75) is 81.1 Å². The minimum absolute atomic E-state index is 0.0193. The van der Waals surface area contributed by atoms with Crippen LogP contribution in [0.4, 0.5) is 4.79 Å². The van der Waals surface area contributed by atoms with Gasteiger partial charge in [-0.2, -0.15) is 0 Å². The quantitative estimate of drug-likeness (QED) is 0.633. The van der Waals surface area contributed by atoms with Crippen molar-refractivity contribution in [1.29, 1.82) is 0 Å². The van der Waals surface area contributed by atoms with Gasteiger partial charge in [-0.3, -0.25) is 9.78 Å². The monoisotopic (exact) mass is 478 g/mol. The Bertz CT molecular complexity index is 1060. The maximum atomic E-state index is 13.2. The highest BCUT2D eigenvalue weighted by Gasteiger charge is 2.33. The summed E-state index contributed by atoms with van der Waals surface area (Å²) in [6.45, 7) is 4.12. The number of amides is 2. The maximum absolute atomic E-state index is 13.2. The van der Waals surface area contributed by atoms with Crippen LogP contribution in [-0.2, 0) is 7.05 Å². The zero-order valence-electron chi connectivity index (χ0n) is 18.9. The van der Waals surface area contributed by atoms with Gasteiger partial charge in [0.05, 0.1) is 10.9 Å². The third kappa shape index (κ3) is 4.91. The Kier molecular flexibility index (Phi) is 7.01.